The molecule has 1 aromatic heterocycles. The molecule has 0 aliphatic heterocycles. The van der Waals surface area contributed by atoms with Crippen molar-refractivity contribution < 1.29 is 4.79 Å². The van der Waals surface area contributed by atoms with Crippen LogP contribution in [0.3, 0.4) is 0 Å². The second-order valence-corrected chi connectivity index (χ2v) is 3.74. The number of nitrogens with zero attached hydrogens (tertiary/aromatic N) is 3. The van der Waals surface area contributed by atoms with Crippen molar-refractivity contribution >= 4 is 6.29 Å². The van der Waals surface area contributed by atoms with E-state index in [1.165, 1.54) is 0 Å². The van der Waals surface area contributed by atoms with Crippen LogP contribution >= 0.6 is 0 Å². The highest BCUT2D eigenvalue weighted by Crippen LogP contribution is 2.09. The topological polar surface area (TPSA) is 58.7 Å². The van der Waals surface area contributed by atoms with Crippen LogP contribution in [0.4, 0.5) is 0 Å². The molecule has 0 spiro atoms. The number of rotatable bonds is 3. The first-order valence-corrected chi connectivity index (χ1v) is 5.21. The van der Waals surface area contributed by atoms with Crippen LogP contribution in [0, 0.1) is 18.3 Å². The van der Waals surface area contributed by atoms with Crippen molar-refractivity contribution in [2.75, 3.05) is 0 Å². The number of aldehydes is 1. The maximum atomic E-state index is 10.8. The summed E-state index contributed by atoms with van der Waals surface area (Å²) in [6.07, 6.45) is 2.36. The molecular weight excluding hydrogens is 214 g/mol. The fraction of sp³-hybridized carbons (Fsp3) is 0.154. The molecule has 17 heavy (non-hydrogen) atoms. The van der Waals surface area contributed by atoms with Gasteiger partial charge in [0.1, 0.15) is 11.5 Å². The maximum absolute atomic E-state index is 10.8. The van der Waals surface area contributed by atoms with Gasteiger partial charge in [0.2, 0.25) is 0 Å². The quantitative estimate of drug-likeness (QED) is 0.750. The molecule has 1 heterocycles. The summed E-state index contributed by atoms with van der Waals surface area (Å²) >= 11 is 0. The zero-order chi connectivity index (χ0) is 12.3. The molecule has 4 heteroatoms. The van der Waals surface area contributed by atoms with Crippen LogP contribution in [0.5, 0.6) is 0 Å². The summed E-state index contributed by atoms with van der Waals surface area (Å²) < 4.78 is 1.84. The van der Waals surface area contributed by atoms with Crippen LogP contribution in [0.15, 0.2) is 30.5 Å². The van der Waals surface area contributed by atoms with Gasteiger partial charge in [-0.15, -0.1) is 0 Å². The van der Waals surface area contributed by atoms with Gasteiger partial charge in [-0.25, -0.2) is 4.98 Å². The molecule has 0 atom stereocenters. The van der Waals surface area contributed by atoms with E-state index in [4.69, 9.17) is 5.26 Å². The minimum atomic E-state index is 0.562. The standard InChI is InChI=1S/C13H11N3O/c1-10-15-7-13(9-17)16(10)8-12-4-2-11(6-14)3-5-12/h2-5,7,9H,8H2,1H3. The summed E-state index contributed by atoms with van der Waals surface area (Å²) in [4.78, 5) is 14.9. The molecule has 0 fully saturated rings. The second-order valence-electron chi connectivity index (χ2n) is 3.74. The molecule has 0 aliphatic carbocycles. The van der Waals surface area contributed by atoms with E-state index in [2.05, 4.69) is 11.1 Å². The maximum Gasteiger partial charge on any atom is 0.168 e. The van der Waals surface area contributed by atoms with Gasteiger partial charge < -0.3 is 4.57 Å². The van der Waals surface area contributed by atoms with Crippen LogP contribution in [-0.2, 0) is 6.54 Å². The van der Waals surface area contributed by atoms with E-state index in [1.54, 1.807) is 18.3 Å². The molecule has 1 aromatic carbocycles. The predicted molar refractivity (Wildman–Crippen MR) is 62.6 cm³/mol. The van der Waals surface area contributed by atoms with Crippen molar-refractivity contribution in [1.82, 2.24) is 9.55 Å². The molecule has 84 valence electrons. The van der Waals surface area contributed by atoms with Crippen LogP contribution in [0.1, 0.15) is 27.4 Å². The highest BCUT2D eigenvalue weighted by molar-refractivity contribution is 5.71. The average Bonchev–Trinajstić information content (AvgIpc) is 2.71. The van der Waals surface area contributed by atoms with Gasteiger partial charge in [0.05, 0.1) is 17.8 Å². The highest BCUT2D eigenvalue weighted by Gasteiger charge is 2.05. The van der Waals surface area contributed by atoms with Crippen LogP contribution in [0.25, 0.3) is 0 Å². The van der Waals surface area contributed by atoms with Gasteiger partial charge in [-0.1, -0.05) is 12.1 Å². The molecule has 0 radical (unpaired) electrons. The molecule has 0 amide bonds. The van der Waals surface area contributed by atoms with E-state index >= 15 is 0 Å². The van der Waals surface area contributed by atoms with E-state index in [9.17, 15) is 4.79 Å². The molecule has 0 N–H and O–H groups in total. The van der Waals surface area contributed by atoms with E-state index in [1.807, 2.05) is 23.6 Å². The van der Waals surface area contributed by atoms with Gasteiger partial charge >= 0.3 is 0 Å². The lowest BCUT2D eigenvalue weighted by molar-refractivity contribution is 0.111. The predicted octanol–water partition coefficient (Wildman–Crippen LogP) is 1.92. The molecule has 0 bridgehead atoms. The van der Waals surface area contributed by atoms with Gasteiger partial charge in [-0.2, -0.15) is 5.26 Å². The molecule has 0 saturated carbocycles. The smallest absolute Gasteiger partial charge is 0.168 e. The third kappa shape index (κ3) is 2.23. The van der Waals surface area contributed by atoms with Crippen molar-refractivity contribution in [3.63, 3.8) is 0 Å². The Morgan fingerprint density at radius 3 is 2.71 bits per heavy atom. The van der Waals surface area contributed by atoms with E-state index in [-0.39, 0.29) is 0 Å². The Morgan fingerprint density at radius 1 is 1.41 bits per heavy atom. The summed E-state index contributed by atoms with van der Waals surface area (Å²) in [7, 11) is 0. The number of aryl methyl sites for hydroxylation is 1. The number of nitriles is 1. The monoisotopic (exact) mass is 225 g/mol. The van der Waals surface area contributed by atoms with Crippen molar-refractivity contribution in [2.45, 2.75) is 13.5 Å². The summed E-state index contributed by atoms with van der Waals surface area (Å²) in [6, 6.07) is 9.37. The lowest BCUT2D eigenvalue weighted by Crippen LogP contribution is -2.05. The number of benzene rings is 1. The Bertz CT molecular complexity index is 576. The largest absolute Gasteiger partial charge is 0.322 e. The first-order valence-electron chi connectivity index (χ1n) is 5.21. The summed E-state index contributed by atoms with van der Waals surface area (Å²) in [6.45, 7) is 2.45. The van der Waals surface area contributed by atoms with Crippen molar-refractivity contribution in [3.05, 3.63) is 53.1 Å². The van der Waals surface area contributed by atoms with E-state index in [0.29, 0.717) is 17.8 Å². The Balaban J connectivity index is 2.28. The molecule has 0 aliphatic rings. The molecule has 0 saturated heterocycles. The van der Waals surface area contributed by atoms with Crippen molar-refractivity contribution in [2.24, 2.45) is 0 Å². The number of hydrogen-bond acceptors (Lipinski definition) is 3. The number of imidazole rings is 1. The first-order chi connectivity index (χ1) is 8.24. The van der Waals surface area contributed by atoms with Gasteiger partial charge in [-0.3, -0.25) is 4.79 Å². The Hall–Kier alpha value is -2.41. The Morgan fingerprint density at radius 2 is 2.12 bits per heavy atom. The minimum absolute atomic E-state index is 0.562. The highest BCUT2D eigenvalue weighted by atomic mass is 16.1. The number of carbonyl (C=O) groups is 1. The minimum Gasteiger partial charge on any atom is -0.322 e. The van der Waals surface area contributed by atoms with E-state index < -0.39 is 0 Å². The van der Waals surface area contributed by atoms with Gasteiger partial charge in [0.15, 0.2) is 6.29 Å². The van der Waals surface area contributed by atoms with Gasteiger partial charge in [0, 0.05) is 6.54 Å². The number of carbonyl (C=O) groups excluding carboxylic acids is 1. The van der Waals surface area contributed by atoms with Crippen LogP contribution in [-0.4, -0.2) is 15.8 Å². The van der Waals surface area contributed by atoms with Crippen molar-refractivity contribution in [3.8, 4) is 6.07 Å². The molecular formula is C13H11N3O. The summed E-state index contributed by atoms with van der Waals surface area (Å²) in [5.74, 6) is 0.802. The molecule has 4 nitrogen and oxygen atoms in total. The molecule has 0 unspecified atom stereocenters. The lowest BCUT2D eigenvalue weighted by atomic mass is 10.1. The zero-order valence-corrected chi connectivity index (χ0v) is 9.42. The second kappa shape index (κ2) is 4.62. The van der Waals surface area contributed by atoms with Crippen molar-refractivity contribution in [1.29, 1.82) is 5.26 Å². The molecule has 2 rings (SSSR count). The van der Waals surface area contributed by atoms with Crippen LogP contribution < -0.4 is 0 Å². The fourth-order valence-electron chi connectivity index (χ4n) is 1.65. The summed E-state index contributed by atoms with van der Waals surface area (Å²) in [5.41, 5.74) is 2.23. The Kier molecular flexibility index (Phi) is 3.01. The normalized spacial score (nSPS) is 9.88. The van der Waals surface area contributed by atoms with Gasteiger partial charge in [0.25, 0.3) is 0 Å². The lowest BCUT2D eigenvalue weighted by Gasteiger charge is -2.07. The first kappa shape index (κ1) is 11.1. The van der Waals surface area contributed by atoms with Gasteiger partial charge in [-0.05, 0) is 24.6 Å². The third-order valence-electron chi connectivity index (χ3n) is 2.63. The van der Waals surface area contributed by atoms with Crippen LogP contribution in [0.2, 0.25) is 0 Å². The Labute approximate surface area is 99.1 Å². The third-order valence-corrected chi connectivity index (χ3v) is 2.63. The number of aromatic nitrogens is 2. The summed E-state index contributed by atoms with van der Waals surface area (Å²) in [5, 5.41) is 8.70. The number of hydrogen-bond donors (Lipinski definition) is 0. The fourth-order valence-corrected chi connectivity index (χ4v) is 1.65. The molecule has 2 aromatic rings. The average molecular weight is 225 g/mol. The SMILES string of the molecule is Cc1ncc(C=O)n1Cc1ccc(C#N)cc1. The van der Waals surface area contributed by atoms with E-state index in [0.717, 1.165) is 17.7 Å². The zero-order valence-electron chi connectivity index (χ0n) is 9.42.